The van der Waals surface area contributed by atoms with Crippen molar-refractivity contribution in [3.63, 3.8) is 0 Å². The molecule has 0 amide bonds. The third-order valence-electron chi connectivity index (χ3n) is 3.35. The second kappa shape index (κ2) is 6.42. The molecule has 2 N–H and O–H groups in total. The number of nitrogens with zero attached hydrogens (tertiary/aromatic N) is 1. The van der Waals surface area contributed by atoms with Gasteiger partial charge in [0.15, 0.2) is 5.11 Å². The van der Waals surface area contributed by atoms with Crippen LogP contribution in [0, 0.1) is 6.92 Å². The lowest BCUT2D eigenvalue weighted by molar-refractivity contribution is 1.14. The molecule has 0 saturated heterocycles. The molecule has 22 heavy (non-hydrogen) atoms. The quantitative estimate of drug-likeness (QED) is 0.666. The third kappa shape index (κ3) is 3.43. The first-order valence-electron chi connectivity index (χ1n) is 7.18. The first-order valence-corrected chi connectivity index (χ1v) is 8.40. The third-order valence-corrected chi connectivity index (χ3v) is 4.48. The lowest BCUT2D eigenvalue weighted by Crippen LogP contribution is -2.19. The number of fused-ring (bicyclic) bond motifs is 1. The largest absolute Gasteiger partial charge is 0.332 e. The minimum Gasteiger partial charge on any atom is -0.332 e. The molecule has 5 heteroatoms. The summed E-state index contributed by atoms with van der Waals surface area (Å²) < 4.78 is 1.17. The minimum absolute atomic E-state index is 0.592. The van der Waals surface area contributed by atoms with Crippen molar-refractivity contribution in [2.45, 2.75) is 20.3 Å². The molecule has 0 bridgehead atoms. The second-order valence-corrected chi connectivity index (χ2v) is 6.69. The van der Waals surface area contributed by atoms with Crippen molar-refractivity contribution in [3.05, 3.63) is 53.0 Å². The molecule has 1 heterocycles. The van der Waals surface area contributed by atoms with Gasteiger partial charge in [0.05, 0.1) is 15.2 Å². The van der Waals surface area contributed by atoms with Gasteiger partial charge in [-0.2, -0.15) is 0 Å². The first-order chi connectivity index (χ1) is 10.6. The summed E-state index contributed by atoms with van der Waals surface area (Å²) in [5.41, 5.74) is 4.30. The fraction of sp³-hybridized carbons (Fsp3) is 0.176. The highest BCUT2D eigenvalue weighted by Gasteiger charge is 2.04. The van der Waals surface area contributed by atoms with Crippen molar-refractivity contribution in [2.75, 3.05) is 10.6 Å². The molecule has 3 nitrogen and oxygen atoms in total. The maximum atomic E-state index is 5.39. The van der Waals surface area contributed by atoms with Crippen molar-refractivity contribution >= 4 is 50.3 Å². The first kappa shape index (κ1) is 14.9. The zero-order chi connectivity index (χ0) is 15.5. The van der Waals surface area contributed by atoms with Gasteiger partial charge in [-0.05, 0) is 61.5 Å². The topological polar surface area (TPSA) is 37.0 Å². The number of aryl methyl sites for hydroxylation is 2. The van der Waals surface area contributed by atoms with Crippen LogP contribution in [0.25, 0.3) is 10.2 Å². The Morgan fingerprint density at radius 3 is 2.68 bits per heavy atom. The van der Waals surface area contributed by atoms with Crippen LogP contribution in [0.3, 0.4) is 0 Å². The molecule has 0 radical (unpaired) electrons. The monoisotopic (exact) mass is 327 g/mol. The number of anilines is 2. The van der Waals surface area contributed by atoms with Crippen molar-refractivity contribution in [1.82, 2.24) is 4.98 Å². The molecule has 0 saturated carbocycles. The van der Waals surface area contributed by atoms with E-state index in [0.29, 0.717) is 5.11 Å². The number of rotatable bonds is 3. The van der Waals surface area contributed by atoms with Crippen LogP contribution < -0.4 is 10.6 Å². The summed E-state index contributed by atoms with van der Waals surface area (Å²) >= 11 is 7.08. The molecule has 2 aromatic carbocycles. The fourth-order valence-corrected chi connectivity index (χ4v) is 3.38. The molecular weight excluding hydrogens is 310 g/mol. The van der Waals surface area contributed by atoms with E-state index >= 15 is 0 Å². The fourth-order valence-electron chi connectivity index (χ4n) is 2.28. The van der Waals surface area contributed by atoms with E-state index in [4.69, 9.17) is 12.2 Å². The van der Waals surface area contributed by atoms with Crippen molar-refractivity contribution in [3.8, 4) is 0 Å². The lowest BCUT2D eigenvalue weighted by atomic mass is 10.1. The Hall–Kier alpha value is -1.98. The molecule has 0 spiro atoms. The van der Waals surface area contributed by atoms with Gasteiger partial charge < -0.3 is 10.6 Å². The number of hydrogen-bond acceptors (Lipinski definition) is 3. The summed E-state index contributed by atoms with van der Waals surface area (Å²) in [4.78, 5) is 4.46. The Morgan fingerprint density at radius 2 is 1.91 bits per heavy atom. The summed E-state index contributed by atoms with van der Waals surface area (Å²) in [6.45, 7) is 4.16. The van der Waals surface area contributed by atoms with Crippen LogP contribution in [0.5, 0.6) is 0 Å². The number of nitrogens with one attached hydrogen (secondary N) is 2. The van der Waals surface area contributed by atoms with E-state index in [2.05, 4.69) is 40.7 Å². The van der Waals surface area contributed by atoms with Gasteiger partial charge in [0.1, 0.15) is 0 Å². The number of benzene rings is 2. The maximum Gasteiger partial charge on any atom is 0.175 e. The van der Waals surface area contributed by atoms with Gasteiger partial charge in [-0.15, -0.1) is 11.3 Å². The highest BCUT2D eigenvalue weighted by atomic mass is 32.1. The number of thiocarbonyl (C=S) groups is 1. The Kier molecular flexibility index (Phi) is 4.36. The second-order valence-electron chi connectivity index (χ2n) is 5.05. The Morgan fingerprint density at radius 1 is 1.14 bits per heavy atom. The van der Waals surface area contributed by atoms with Gasteiger partial charge in [0, 0.05) is 11.4 Å². The molecular formula is C17H17N3S2. The summed E-state index contributed by atoms with van der Waals surface area (Å²) in [5, 5.41) is 8.12. The van der Waals surface area contributed by atoms with Crippen molar-refractivity contribution in [1.29, 1.82) is 0 Å². The molecule has 0 aliphatic heterocycles. The van der Waals surface area contributed by atoms with E-state index in [-0.39, 0.29) is 0 Å². The summed E-state index contributed by atoms with van der Waals surface area (Å²) in [6.07, 6.45) is 1.01. The van der Waals surface area contributed by atoms with Crippen LogP contribution in [0.1, 0.15) is 17.5 Å². The van der Waals surface area contributed by atoms with Crippen LogP contribution in [0.2, 0.25) is 0 Å². The maximum absolute atomic E-state index is 5.39. The van der Waals surface area contributed by atoms with Crippen LogP contribution in [-0.2, 0) is 6.42 Å². The highest BCUT2D eigenvalue weighted by Crippen LogP contribution is 2.24. The molecule has 0 aliphatic rings. The normalized spacial score (nSPS) is 10.6. The number of hydrogen-bond donors (Lipinski definition) is 2. The predicted molar refractivity (Wildman–Crippen MR) is 100 cm³/mol. The molecule has 0 fully saturated rings. The van der Waals surface area contributed by atoms with E-state index in [0.717, 1.165) is 28.3 Å². The van der Waals surface area contributed by atoms with Crippen molar-refractivity contribution < 1.29 is 0 Å². The molecule has 112 valence electrons. The Labute approximate surface area is 139 Å². The molecule has 3 aromatic rings. The van der Waals surface area contributed by atoms with E-state index in [1.807, 2.05) is 31.2 Å². The summed E-state index contributed by atoms with van der Waals surface area (Å²) in [7, 11) is 0. The number of aromatic nitrogens is 1. The van der Waals surface area contributed by atoms with Crippen LogP contribution >= 0.6 is 23.6 Å². The van der Waals surface area contributed by atoms with Crippen LogP contribution in [0.4, 0.5) is 11.4 Å². The zero-order valence-corrected chi connectivity index (χ0v) is 14.1. The van der Waals surface area contributed by atoms with Crippen molar-refractivity contribution in [2.24, 2.45) is 0 Å². The average molecular weight is 327 g/mol. The average Bonchev–Trinajstić information content (AvgIpc) is 2.86. The highest BCUT2D eigenvalue weighted by molar-refractivity contribution is 7.80. The molecule has 0 unspecified atom stereocenters. The van der Waals surface area contributed by atoms with Crippen LogP contribution in [0.15, 0.2) is 42.5 Å². The Bertz CT molecular complexity index is 824. The lowest BCUT2D eigenvalue weighted by Gasteiger charge is -2.11. The standard InChI is InChI=1S/C17H17N3S2/c1-3-12-5-4-6-13(9-12)19-17(21)20-14-7-8-15-16(10-14)22-11(2)18-15/h4-10H,3H2,1-2H3,(H2,19,20,21). The smallest absolute Gasteiger partial charge is 0.175 e. The molecule has 0 atom stereocenters. The predicted octanol–water partition coefficient (Wildman–Crippen LogP) is 4.98. The summed E-state index contributed by atoms with van der Waals surface area (Å²) in [5.74, 6) is 0. The molecule has 3 rings (SSSR count). The summed E-state index contributed by atoms with van der Waals surface area (Å²) in [6, 6.07) is 14.4. The zero-order valence-electron chi connectivity index (χ0n) is 12.5. The molecule has 1 aromatic heterocycles. The van der Waals surface area contributed by atoms with Gasteiger partial charge in [0.25, 0.3) is 0 Å². The molecule has 0 aliphatic carbocycles. The SMILES string of the molecule is CCc1cccc(NC(=S)Nc2ccc3nc(C)sc3c2)c1. The van der Waals surface area contributed by atoms with E-state index in [1.165, 1.54) is 10.3 Å². The van der Waals surface area contributed by atoms with E-state index in [1.54, 1.807) is 11.3 Å². The van der Waals surface area contributed by atoms with Gasteiger partial charge >= 0.3 is 0 Å². The van der Waals surface area contributed by atoms with E-state index in [9.17, 15) is 0 Å². The van der Waals surface area contributed by atoms with Gasteiger partial charge in [-0.1, -0.05) is 19.1 Å². The van der Waals surface area contributed by atoms with Gasteiger partial charge in [-0.3, -0.25) is 0 Å². The van der Waals surface area contributed by atoms with E-state index < -0.39 is 0 Å². The Balaban J connectivity index is 1.71. The van der Waals surface area contributed by atoms with Crippen LogP contribution in [-0.4, -0.2) is 10.1 Å². The van der Waals surface area contributed by atoms with Gasteiger partial charge in [0.2, 0.25) is 0 Å². The number of thiazole rings is 1. The van der Waals surface area contributed by atoms with Gasteiger partial charge in [-0.25, -0.2) is 4.98 Å². The minimum atomic E-state index is 0.592.